The van der Waals surface area contributed by atoms with Gasteiger partial charge in [-0.15, -0.1) is 0 Å². The van der Waals surface area contributed by atoms with Crippen molar-refractivity contribution in [2.45, 2.75) is 12.6 Å². The van der Waals surface area contributed by atoms with Crippen LogP contribution in [0.4, 0.5) is 9.18 Å². The van der Waals surface area contributed by atoms with E-state index in [1.807, 2.05) is 0 Å². The van der Waals surface area contributed by atoms with Crippen molar-refractivity contribution >= 4 is 11.9 Å². The van der Waals surface area contributed by atoms with Crippen molar-refractivity contribution in [2.24, 2.45) is 0 Å². The fourth-order valence-corrected chi connectivity index (χ4v) is 3.09. The van der Waals surface area contributed by atoms with E-state index >= 15 is 0 Å². The van der Waals surface area contributed by atoms with E-state index in [-0.39, 0.29) is 18.0 Å². The van der Waals surface area contributed by atoms with Crippen molar-refractivity contribution in [1.82, 2.24) is 15.5 Å². The van der Waals surface area contributed by atoms with Gasteiger partial charge in [-0.1, -0.05) is 18.2 Å². The third-order valence-electron chi connectivity index (χ3n) is 4.16. The van der Waals surface area contributed by atoms with Crippen LogP contribution in [-0.2, 0) is 11.3 Å². The summed E-state index contributed by atoms with van der Waals surface area (Å²) in [5.74, 6) is -0.0686. The van der Waals surface area contributed by atoms with Crippen LogP contribution in [0.3, 0.4) is 0 Å². The number of carbonyl (C=O) groups is 2. The first kappa shape index (κ1) is 14.5. The zero-order valence-electron chi connectivity index (χ0n) is 12.6. The SMILES string of the molecule is O=C1NC2=C(C(=O)N(Cc3ccco3)C2)[C@@H](c2ccccc2F)N1. The molecule has 122 valence electrons. The summed E-state index contributed by atoms with van der Waals surface area (Å²) < 4.78 is 19.4. The monoisotopic (exact) mass is 327 g/mol. The first-order chi connectivity index (χ1) is 11.6. The molecule has 1 atom stereocenters. The van der Waals surface area contributed by atoms with E-state index in [1.54, 1.807) is 35.2 Å². The van der Waals surface area contributed by atoms with Crippen LogP contribution < -0.4 is 10.6 Å². The number of nitrogens with zero attached hydrogens (tertiary/aromatic N) is 1. The van der Waals surface area contributed by atoms with E-state index in [0.717, 1.165) is 0 Å². The standard InChI is InChI=1S/C17H14FN3O3/c18-12-6-2-1-5-11(12)15-14-13(19-17(23)20-15)9-21(16(14)22)8-10-4-3-7-24-10/h1-7,15H,8-9H2,(H2,19,20,23)/t15-/m1/s1. The van der Waals surface area contributed by atoms with E-state index in [4.69, 9.17) is 4.42 Å². The highest BCUT2D eigenvalue weighted by molar-refractivity contribution is 6.01. The highest BCUT2D eigenvalue weighted by Crippen LogP contribution is 2.34. The molecule has 3 heterocycles. The van der Waals surface area contributed by atoms with Crippen LogP contribution in [0.25, 0.3) is 0 Å². The minimum atomic E-state index is -0.802. The number of nitrogens with one attached hydrogen (secondary N) is 2. The summed E-state index contributed by atoms with van der Waals surface area (Å²) in [5, 5.41) is 5.29. The normalized spacial score (nSPS) is 20.0. The first-order valence-electron chi connectivity index (χ1n) is 7.50. The molecule has 24 heavy (non-hydrogen) atoms. The molecule has 3 amide bonds. The molecule has 4 rings (SSSR count). The number of hydrogen-bond acceptors (Lipinski definition) is 3. The molecule has 0 bridgehead atoms. The maximum Gasteiger partial charge on any atom is 0.319 e. The van der Waals surface area contributed by atoms with Crippen LogP contribution in [0.1, 0.15) is 17.4 Å². The van der Waals surface area contributed by atoms with Gasteiger partial charge in [-0.25, -0.2) is 9.18 Å². The van der Waals surface area contributed by atoms with Crippen LogP contribution in [0.5, 0.6) is 0 Å². The van der Waals surface area contributed by atoms with Gasteiger partial charge in [-0.3, -0.25) is 4.79 Å². The van der Waals surface area contributed by atoms with E-state index in [0.29, 0.717) is 23.6 Å². The summed E-state index contributed by atoms with van der Waals surface area (Å²) in [6.45, 7) is 0.548. The first-order valence-corrected chi connectivity index (χ1v) is 7.50. The summed E-state index contributed by atoms with van der Waals surface area (Å²) in [6.07, 6.45) is 1.54. The second-order valence-electron chi connectivity index (χ2n) is 5.69. The molecule has 0 saturated carbocycles. The molecule has 0 spiro atoms. The number of carbonyl (C=O) groups excluding carboxylic acids is 2. The fourth-order valence-electron chi connectivity index (χ4n) is 3.09. The molecule has 1 aromatic heterocycles. The number of amides is 3. The molecule has 2 aliphatic heterocycles. The molecule has 0 radical (unpaired) electrons. The second kappa shape index (κ2) is 5.52. The van der Waals surface area contributed by atoms with E-state index < -0.39 is 17.9 Å². The van der Waals surface area contributed by atoms with Gasteiger partial charge >= 0.3 is 6.03 Å². The lowest BCUT2D eigenvalue weighted by Gasteiger charge is -2.25. The van der Waals surface area contributed by atoms with Crippen LogP contribution in [-0.4, -0.2) is 23.4 Å². The quantitative estimate of drug-likeness (QED) is 0.906. The molecule has 2 aromatic rings. The number of furan rings is 1. The lowest BCUT2D eigenvalue weighted by molar-refractivity contribution is -0.126. The van der Waals surface area contributed by atoms with Crippen LogP contribution >= 0.6 is 0 Å². The minimum absolute atomic E-state index is 0.248. The van der Waals surface area contributed by atoms with Crippen molar-refractivity contribution in [2.75, 3.05) is 6.54 Å². The summed E-state index contributed by atoms with van der Waals surface area (Å²) in [7, 11) is 0. The molecule has 7 heteroatoms. The molecule has 1 aromatic carbocycles. The fraction of sp³-hybridized carbons (Fsp3) is 0.176. The number of benzene rings is 1. The number of halogens is 1. The molecule has 0 saturated heterocycles. The largest absolute Gasteiger partial charge is 0.467 e. The minimum Gasteiger partial charge on any atom is -0.467 e. The molecule has 0 fully saturated rings. The molecule has 2 aliphatic rings. The Labute approximate surface area is 136 Å². The van der Waals surface area contributed by atoms with Gasteiger partial charge < -0.3 is 20.0 Å². The van der Waals surface area contributed by atoms with Gasteiger partial charge in [-0.2, -0.15) is 0 Å². The Morgan fingerprint density at radius 3 is 2.79 bits per heavy atom. The van der Waals surface area contributed by atoms with Gasteiger partial charge in [0.2, 0.25) is 0 Å². The van der Waals surface area contributed by atoms with Gasteiger partial charge in [0.05, 0.1) is 36.7 Å². The maximum atomic E-state index is 14.2. The Kier molecular flexibility index (Phi) is 3.34. The Hall–Kier alpha value is -3.09. The lowest BCUT2D eigenvalue weighted by Crippen LogP contribution is -2.44. The smallest absolute Gasteiger partial charge is 0.319 e. The van der Waals surface area contributed by atoms with E-state index in [9.17, 15) is 14.0 Å². The highest BCUT2D eigenvalue weighted by Gasteiger charge is 2.41. The molecular formula is C17H14FN3O3. The van der Waals surface area contributed by atoms with Crippen LogP contribution in [0.2, 0.25) is 0 Å². The Morgan fingerprint density at radius 2 is 2.04 bits per heavy atom. The van der Waals surface area contributed by atoms with E-state index in [2.05, 4.69) is 10.6 Å². The molecule has 6 nitrogen and oxygen atoms in total. The zero-order chi connectivity index (χ0) is 16.7. The van der Waals surface area contributed by atoms with Gasteiger partial charge in [0.15, 0.2) is 0 Å². The maximum absolute atomic E-state index is 14.2. The molecule has 2 N–H and O–H groups in total. The van der Waals surface area contributed by atoms with Crippen LogP contribution in [0.15, 0.2) is 58.3 Å². The summed E-state index contributed by atoms with van der Waals surface area (Å²) >= 11 is 0. The van der Waals surface area contributed by atoms with Crippen LogP contribution in [0, 0.1) is 5.82 Å². The van der Waals surface area contributed by atoms with Crippen molar-refractivity contribution < 1.29 is 18.4 Å². The van der Waals surface area contributed by atoms with Gasteiger partial charge in [-0.05, 0) is 18.2 Å². The number of urea groups is 1. The van der Waals surface area contributed by atoms with Crippen molar-refractivity contribution in [3.63, 3.8) is 0 Å². The Morgan fingerprint density at radius 1 is 1.21 bits per heavy atom. The number of rotatable bonds is 3. The van der Waals surface area contributed by atoms with Gasteiger partial charge in [0, 0.05) is 5.56 Å². The summed E-state index contributed by atoms with van der Waals surface area (Å²) in [5.41, 5.74) is 1.14. The molecular weight excluding hydrogens is 313 g/mol. The second-order valence-corrected chi connectivity index (χ2v) is 5.69. The Bertz CT molecular complexity index is 845. The highest BCUT2D eigenvalue weighted by atomic mass is 19.1. The average Bonchev–Trinajstić information content (AvgIpc) is 3.16. The third kappa shape index (κ3) is 2.34. The van der Waals surface area contributed by atoms with E-state index in [1.165, 1.54) is 12.3 Å². The topological polar surface area (TPSA) is 74.6 Å². The average molecular weight is 327 g/mol. The third-order valence-corrected chi connectivity index (χ3v) is 4.16. The van der Waals surface area contributed by atoms with Crippen molar-refractivity contribution in [1.29, 1.82) is 0 Å². The van der Waals surface area contributed by atoms with Gasteiger partial charge in [0.1, 0.15) is 11.6 Å². The zero-order valence-corrected chi connectivity index (χ0v) is 12.6. The molecule has 0 aliphatic carbocycles. The summed E-state index contributed by atoms with van der Waals surface area (Å²) in [6, 6.07) is 8.38. The predicted octanol–water partition coefficient (Wildman–Crippen LogP) is 2.07. The molecule has 0 unspecified atom stereocenters. The predicted molar refractivity (Wildman–Crippen MR) is 82.0 cm³/mol. The lowest BCUT2D eigenvalue weighted by atomic mass is 9.96. The number of hydrogen-bond donors (Lipinski definition) is 2. The Balaban J connectivity index is 1.68. The summed E-state index contributed by atoms with van der Waals surface area (Å²) in [4.78, 5) is 26.2. The van der Waals surface area contributed by atoms with Crippen molar-refractivity contribution in [3.05, 3.63) is 71.1 Å². The van der Waals surface area contributed by atoms with Crippen molar-refractivity contribution in [3.8, 4) is 0 Å². The van der Waals surface area contributed by atoms with Gasteiger partial charge in [0.25, 0.3) is 5.91 Å².